The van der Waals surface area contributed by atoms with Crippen LogP contribution in [0.4, 0.5) is 5.69 Å². The average Bonchev–Trinajstić information content (AvgIpc) is 2.83. The minimum Gasteiger partial charge on any atom is -0.478 e. The number of hydrogen-bond acceptors (Lipinski definition) is 3. The van der Waals surface area contributed by atoms with Gasteiger partial charge >= 0.3 is 5.97 Å². The number of hydrogen-bond donors (Lipinski definition) is 3. The normalized spacial score (nSPS) is 14.6. The van der Waals surface area contributed by atoms with E-state index in [1.165, 1.54) is 19.1 Å². The maximum atomic E-state index is 11.3. The van der Waals surface area contributed by atoms with Crippen LogP contribution in [0.15, 0.2) is 72.8 Å². The maximum absolute atomic E-state index is 11.3. The monoisotopic (exact) mass is 465 g/mol. The van der Waals surface area contributed by atoms with E-state index in [-0.39, 0.29) is 16.9 Å². The van der Waals surface area contributed by atoms with Crippen LogP contribution in [0.25, 0.3) is 5.57 Å². The van der Waals surface area contributed by atoms with Crippen molar-refractivity contribution >= 4 is 23.1 Å². The summed E-state index contributed by atoms with van der Waals surface area (Å²) in [7, 11) is 0. The van der Waals surface area contributed by atoms with Gasteiger partial charge in [0.1, 0.15) is 6.10 Å². The third kappa shape index (κ3) is 5.34. The van der Waals surface area contributed by atoms with Crippen LogP contribution in [0, 0.1) is 11.8 Å². The van der Waals surface area contributed by atoms with Crippen molar-refractivity contribution in [2.75, 3.05) is 5.32 Å². The molecule has 1 atom stereocenters. The number of aliphatic hydroxyl groups excluding tert-OH is 1. The Balaban J connectivity index is 1.61. The number of aromatic carboxylic acids is 1. The molecule has 0 aliphatic heterocycles. The zero-order chi connectivity index (χ0) is 25.2. The van der Waals surface area contributed by atoms with Crippen LogP contribution in [0.1, 0.15) is 71.5 Å². The molecule has 0 radical (unpaired) electrons. The first-order chi connectivity index (χ1) is 16.6. The van der Waals surface area contributed by atoms with E-state index in [1.807, 2.05) is 42.5 Å². The summed E-state index contributed by atoms with van der Waals surface area (Å²) in [4.78, 5) is 22.3. The summed E-state index contributed by atoms with van der Waals surface area (Å²) in [6.45, 7) is 5.86. The minimum atomic E-state index is -0.988. The molecule has 176 valence electrons. The van der Waals surface area contributed by atoms with Gasteiger partial charge in [-0.2, -0.15) is 0 Å². The fourth-order valence-electron chi connectivity index (χ4n) is 4.24. The molecule has 5 nitrogen and oxygen atoms in total. The molecule has 1 amide bonds. The second kappa shape index (κ2) is 9.61. The lowest BCUT2D eigenvalue weighted by atomic mass is 9.71. The molecule has 4 rings (SSSR count). The summed E-state index contributed by atoms with van der Waals surface area (Å²) >= 11 is 0. The molecule has 0 aromatic heterocycles. The van der Waals surface area contributed by atoms with E-state index >= 15 is 0 Å². The Labute approximate surface area is 205 Å². The standard InChI is InChI=1S/C30H27NO4/c1-19(32)31-24-12-9-21(10-13-24)25-16-17-30(2,3)27-18-23(11-14-26(25)27)28(33)15-6-20-4-7-22(8-5-20)29(34)35/h4-5,7-14,16,18,28,33H,17H2,1-3H3,(H,31,32)(H,34,35). The fraction of sp³-hybridized carbons (Fsp3) is 0.200. The average molecular weight is 466 g/mol. The predicted molar refractivity (Wildman–Crippen MR) is 137 cm³/mol. The van der Waals surface area contributed by atoms with Gasteiger partial charge in [0.05, 0.1) is 5.56 Å². The summed E-state index contributed by atoms with van der Waals surface area (Å²) < 4.78 is 0. The van der Waals surface area contributed by atoms with Gasteiger partial charge in [-0.3, -0.25) is 4.79 Å². The Morgan fingerprint density at radius 3 is 2.31 bits per heavy atom. The lowest BCUT2D eigenvalue weighted by Gasteiger charge is -2.33. The second-order valence-electron chi connectivity index (χ2n) is 9.32. The summed E-state index contributed by atoms with van der Waals surface area (Å²) in [5.74, 6) is 4.71. The molecule has 3 N–H and O–H groups in total. The number of anilines is 1. The van der Waals surface area contributed by atoms with E-state index in [1.54, 1.807) is 12.1 Å². The van der Waals surface area contributed by atoms with Gasteiger partial charge in [-0.05, 0) is 76.1 Å². The van der Waals surface area contributed by atoms with Gasteiger partial charge in [0, 0.05) is 18.2 Å². The number of rotatable bonds is 4. The molecular weight excluding hydrogens is 438 g/mol. The Kier molecular flexibility index (Phi) is 6.59. The largest absolute Gasteiger partial charge is 0.478 e. The van der Waals surface area contributed by atoms with Crippen LogP contribution in [0.3, 0.4) is 0 Å². The van der Waals surface area contributed by atoms with Crippen molar-refractivity contribution in [2.24, 2.45) is 0 Å². The lowest BCUT2D eigenvalue weighted by molar-refractivity contribution is -0.114. The van der Waals surface area contributed by atoms with E-state index < -0.39 is 12.1 Å². The first-order valence-corrected chi connectivity index (χ1v) is 11.4. The van der Waals surface area contributed by atoms with Gasteiger partial charge < -0.3 is 15.5 Å². The van der Waals surface area contributed by atoms with Gasteiger partial charge in [0.25, 0.3) is 0 Å². The van der Waals surface area contributed by atoms with E-state index in [2.05, 4.69) is 37.1 Å². The van der Waals surface area contributed by atoms with Crippen LogP contribution >= 0.6 is 0 Å². The van der Waals surface area contributed by atoms with Gasteiger partial charge in [-0.25, -0.2) is 4.79 Å². The zero-order valence-electron chi connectivity index (χ0n) is 19.9. The first-order valence-electron chi connectivity index (χ1n) is 11.4. The first kappa shape index (κ1) is 24.0. The number of nitrogens with one attached hydrogen (secondary N) is 1. The molecule has 3 aromatic carbocycles. The molecule has 35 heavy (non-hydrogen) atoms. The highest BCUT2D eigenvalue weighted by atomic mass is 16.4. The third-order valence-corrected chi connectivity index (χ3v) is 6.20. The topological polar surface area (TPSA) is 86.6 Å². The number of aliphatic hydroxyl groups is 1. The van der Waals surface area contributed by atoms with Crippen molar-refractivity contribution in [1.29, 1.82) is 0 Å². The highest BCUT2D eigenvalue weighted by Gasteiger charge is 2.29. The number of amides is 1. The molecule has 1 unspecified atom stereocenters. The maximum Gasteiger partial charge on any atom is 0.335 e. The number of carbonyl (C=O) groups excluding carboxylic acids is 1. The van der Waals surface area contributed by atoms with E-state index in [0.717, 1.165) is 34.4 Å². The van der Waals surface area contributed by atoms with Crippen molar-refractivity contribution in [1.82, 2.24) is 0 Å². The Bertz CT molecular complexity index is 1370. The molecule has 1 aliphatic rings. The summed E-state index contributed by atoms with van der Waals surface area (Å²) in [6.07, 6.45) is 2.12. The molecule has 0 saturated carbocycles. The fourth-order valence-corrected chi connectivity index (χ4v) is 4.24. The molecule has 0 saturated heterocycles. The Morgan fingerprint density at radius 2 is 1.69 bits per heavy atom. The lowest BCUT2D eigenvalue weighted by Crippen LogP contribution is -2.22. The molecule has 0 spiro atoms. The molecule has 5 heteroatoms. The van der Waals surface area contributed by atoms with Crippen molar-refractivity contribution in [3.8, 4) is 11.8 Å². The summed E-state index contributed by atoms with van der Waals surface area (Å²) in [5, 5.41) is 22.6. The van der Waals surface area contributed by atoms with Crippen molar-refractivity contribution in [3.05, 3.63) is 106 Å². The van der Waals surface area contributed by atoms with Crippen LogP contribution in [-0.2, 0) is 10.2 Å². The van der Waals surface area contributed by atoms with Crippen LogP contribution < -0.4 is 5.32 Å². The summed E-state index contributed by atoms with van der Waals surface area (Å²) in [6, 6.07) is 20.0. The highest BCUT2D eigenvalue weighted by Crippen LogP contribution is 2.42. The second-order valence-corrected chi connectivity index (χ2v) is 9.32. The zero-order valence-corrected chi connectivity index (χ0v) is 19.9. The van der Waals surface area contributed by atoms with E-state index in [4.69, 9.17) is 5.11 Å². The van der Waals surface area contributed by atoms with Crippen LogP contribution in [-0.4, -0.2) is 22.1 Å². The molecule has 3 aromatic rings. The Hall–Kier alpha value is -4.14. The number of fused-ring (bicyclic) bond motifs is 1. The van der Waals surface area contributed by atoms with Gasteiger partial charge in [0.2, 0.25) is 5.91 Å². The van der Waals surface area contributed by atoms with E-state index in [9.17, 15) is 14.7 Å². The number of carboxylic acids is 1. The quantitative estimate of drug-likeness (QED) is 0.442. The molecule has 0 bridgehead atoms. The van der Waals surface area contributed by atoms with Crippen LogP contribution in [0.5, 0.6) is 0 Å². The molecular formula is C30H27NO4. The molecule has 0 heterocycles. The smallest absolute Gasteiger partial charge is 0.335 e. The van der Waals surface area contributed by atoms with Crippen molar-refractivity contribution in [3.63, 3.8) is 0 Å². The third-order valence-electron chi connectivity index (χ3n) is 6.20. The van der Waals surface area contributed by atoms with Crippen molar-refractivity contribution in [2.45, 2.75) is 38.7 Å². The van der Waals surface area contributed by atoms with Crippen LogP contribution in [0.2, 0.25) is 0 Å². The highest BCUT2D eigenvalue weighted by molar-refractivity contribution is 5.90. The van der Waals surface area contributed by atoms with Gasteiger partial charge in [-0.15, -0.1) is 0 Å². The van der Waals surface area contributed by atoms with E-state index in [0.29, 0.717) is 11.1 Å². The number of benzene rings is 3. The summed E-state index contributed by atoms with van der Waals surface area (Å²) in [5.41, 5.74) is 6.65. The van der Waals surface area contributed by atoms with Gasteiger partial charge in [-0.1, -0.05) is 62.1 Å². The molecule has 0 fully saturated rings. The number of carbonyl (C=O) groups is 2. The minimum absolute atomic E-state index is 0.104. The molecule has 1 aliphatic carbocycles. The van der Waals surface area contributed by atoms with Crippen molar-refractivity contribution < 1.29 is 19.8 Å². The number of allylic oxidation sites excluding steroid dienone is 1. The number of carboxylic acid groups (broad SMARTS) is 1. The van der Waals surface area contributed by atoms with Gasteiger partial charge in [0.15, 0.2) is 0 Å². The Morgan fingerprint density at radius 1 is 1.00 bits per heavy atom. The SMILES string of the molecule is CC(=O)Nc1ccc(C2=CCC(C)(C)c3cc(C(O)C#Cc4ccc(C(=O)O)cc4)ccc32)cc1. The predicted octanol–water partition coefficient (Wildman–Crippen LogP) is 5.54.